The number of ether oxygens (including phenoxy) is 2. The maximum Gasteiger partial charge on any atom is 0.573 e. The minimum Gasteiger partial charge on any atom is -0.452 e. The molecule has 0 saturated carbocycles. The molecule has 184 valence electrons. The molecule has 0 aliphatic carbocycles. The molecule has 5 N–H and O–H groups in total. The molecule has 0 radical (unpaired) electrons. The van der Waals surface area contributed by atoms with Crippen molar-refractivity contribution in [3.05, 3.63) is 71.4 Å². The Bertz CT molecular complexity index is 997. The van der Waals surface area contributed by atoms with Crippen LogP contribution in [0.1, 0.15) is 12.0 Å². The first kappa shape index (κ1) is 25.0. The highest BCUT2D eigenvalue weighted by atomic mass is 19.4. The number of alkyl halides is 3. The van der Waals surface area contributed by atoms with Gasteiger partial charge in [0.2, 0.25) is 0 Å². The second kappa shape index (κ2) is 11.0. The van der Waals surface area contributed by atoms with E-state index in [1.807, 2.05) is 0 Å². The fraction of sp³-hybridized carbons (Fsp3) is 0.318. The van der Waals surface area contributed by atoms with E-state index in [1.54, 1.807) is 24.1 Å². The third-order valence-corrected chi connectivity index (χ3v) is 4.75. The van der Waals surface area contributed by atoms with Crippen LogP contribution < -0.4 is 25.4 Å². The Morgan fingerprint density at radius 1 is 1.12 bits per heavy atom. The number of halogens is 4. The maximum atomic E-state index is 13.4. The summed E-state index contributed by atoms with van der Waals surface area (Å²) >= 11 is 0. The van der Waals surface area contributed by atoms with Gasteiger partial charge in [-0.15, -0.1) is 13.2 Å². The van der Waals surface area contributed by atoms with Crippen molar-refractivity contribution in [3.8, 4) is 11.5 Å². The Labute approximate surface area is 193 Å². The van der Waals surface area contributed by atoms with E-state index in [9.17, 15) is 22.4 Å². The van der Waals surface area contributed by atoms with E-state index in [4.69, 9.17) is 9.84 Å². The molecule has 1 heterocycles. The van der Waals surface area contributed by atoms with Crippen molar-refractivity contribution in [2.24, 2.45) is 0 Å². The van der Waals surface area contributed by atoms with Crippen LogP contribution in [0.25, 0.3) is 0 Å². The molecule has 0 saturated heterocycles. The van der Waals surface area contributed by atoms with Crippen molar-refractivity contribution < 1.29 is 36.9 Å². The molecule has 0 spiro atoms. The largest absolute Gasteiger partial charge is 0.573 e. The lowest BCUT2D eigenvalue weighted by molar-refractivity contribution is -0.274. The molecule has 8 nitrogen and oxygen atoms in total. The van der Waals surface area contributed by atoms with E-state index < -0.39 is 30.2 Å². The highest BCUT2D eigenvalue weighted by Crippen LogP contribution is 2.28. The predicted octanol–water partition coefficient (Wildman–Crippen LogP) is 2.11. The van der Waals surface area contributed by atoms with Gasteiger partial charge in [-0.25, -0.2) is 4.39 Å². The Morgan fingerprint density at radius 2 is 1.76 bits per heavy atom. The van der Waals surface area contributed by atoms with Gasteiger partial charge in [-0.2, -0.15) is 0 Å². The number of nitrogens with one attached hydrogen (secondary N) is 3. The van der Waals surface area contributed by atoms with Gasteiger partial charge in [0.15, 0.2) is 0 Å². The van der Waals surface area contributed by atoms with E-state index in [0.717, 1.165) is 12.1 Å². The molecule has 1 aliphatic heterocycles. The number of benzene rings is 2. The summed E-state index contributed by atoms with van der Waals surface area (Å²) in [7, 11) is 1.61. The quantitative estimate of drug-likeness (QED) is 0.271. The van der Waals surface area contributed by atoms with Gasteiger partial charge in [-0.1, -0.05) is 12.1 Å². The van der Waals surface area contributed by atoms with Crippen molar-refractivity contribution in [2.45, 2.75) is 25.7 Å². The highest BCUT2D eigenvalue weighted by molar-refractivity contribution is 5.94. The van der Waals surface area contributed by atoms with E-state index in [-0.39, 0.29) is 24.6 Å². The third-order valence-electron chi connectivity index (χ3n) is 4.75. The molecule has 34 heavy (non-hydrogen) atoms. The number of amides is 1. The molecule has 1 atom stereocenters. The molecule has 1 amide bonds. The van der Waals surface area contributed by atoms with Crippen molar-refractivity contribution in [1.29, 1.82) is 0 Å². The maximum absolute atomic E-state index is 13.4. The van der Waals surface area contributed by atoms with Gasteiger partial charge < -0.3 is 35.4 Å². The first-order valence-corrected chi connectivity index (χ1v) is 10.3. The third kappa shape index (κ3) is 6.67. The summed E-state index contributed by atoms with van der Waals surface area (Å²) in [6.07, 6.45) is -5.24. The fourth-order valence-electron chi connectivity index (χ4n) is 3.23. The number of hydrogen-bond acceptors (Lipinski definition) is 6. The van der Waals surface area contributed by atoms with Gasteiger partial charge in [-0.3, -0.25) is 4.79 Å². The second-order valence-corrected chi connectivity index (χ2v) is 7.22. The number of carbonyl (C=O) groups is 1. The minimum absolute atomic E-state index is 0.162. The predicted molar refractivity (Wildman–Crippen MR) is 115 cm³/mol. The van der Waals surface area contributed by atoms with E-state index >= 15 is 0 Å². The molecule has 0 bridgehead atoms. The summed E-state index contributed by atoms with van der Waals surface area (Å²) in [6.45, 7) is 0.633. The summed E-state index contributed by atoms with van der Waals surface area (Å²) in [5, 5.41) is 15.9. The molecule has 1 unspecified atom stereocenters. The summed E-state index contributed by atoms with van der Waals surface area (Å²) in [6, 6.07) is 10.6. The fourth-order valence-corrected chi connectivity index (χ4v) is 3.23. The molecule has 2 aromatic rings. The van der Waals surface area contributed by atoms with Crippen LogP contribution >= 0.6 is 0 Å². The van der Waals surface area contributed by atoms with Gasteiger partial charge in [0.1, 0.15) is 35.4 Å². The topological polar surface area (TPSA) is 97.8 Å². The van der Waals surface area contributed by atoms with Crippen molar-refractivity contribution in [2.75, 3.05) is 20.2 Å². The molecular formula is C22H25F4N4O4+. The molecule has 1 aliphatic rings. The van der Waals surface area contributed by atoms with Crippen LogP contribution in [0.5, 0.6) is 11.5 Å². The first-order chi connectivity index (χ1) is 16.2. The Kier molecular flexibility index (Phi) is 8.05. The Morgan fingerprint density at radius 3 is 2.35 bits per heavy atom. The summed E-state index contributed by atoms with van der Waals surface area (Å²) in [4.78, 5) is 14.5. The highest BCUT2D eigenvalue weighted by Gasteiger charge is 2.37. The van der Waals surface area contributed by atoms with Gasteiger partial charge >= 0.3 is 6.36 Å². The van der Waals surface area contributed by atoms with E-state index in [2.05, 4.69) is 20.7 Å². The Balaban J connectivity index is 1.83. The number of carbonyl (C=O) groups excluding carboxylic acids is 1. The average molecular weight is 485 g/mol. The Hall–Kier alpha value is -3.67. The van der Waals surface area contributed by atoms with Crippen LogP contribution in [0.3, 0.4) is 0 Å². The van der Waals surface area contributed by atoms with E-state index in [0.29, 0.717) is 24.4 Å². The zero-order chi connectivity index (χ0) is 24.7. The monoisotopic (exact) mass is 485 g/mol. The molecule has 0 fully saturated rings. The minimum atomic E-state index is -4.81. The number of nitrogens with zero attached hydrogens (tertiary/aromatic N) is 1. The van der Waals surface area contributed by atoms with E-state index in [1.165, 1.54) is 24.3 Å². The lowest BCUT2D eigenvalue weighted by atomic mass is 10.2. The van der Waals surface area contributed by atoms with Crippen molar-refractivity contribution >= 4 is 5.91 Å². The lowest BCUT2D eigenvalue weighted by Crippen LogP contribution is -2.44. The lowest BCUT2D eigenvalue weighted by Gasteiger charge is -2.28. The van der Waals surface area contributed by atoms with Gasteiger partial charge in [-0.05, 0) is 42.0 Å². The smallest absolute Gasteiger partial charge is 0.452 e. The summed E-state index contributed by atoms with van der Waals surface area (Å²) in [5.74, 6) is -0.620. The van der Waals surface area contributed by atoms with Crippen LogP contribution in [0.4, 0.5) is 17.6 Å². The van der Waals surface area contributed by atoms with Gasteiger partial charge in [0.05, 0.1) is 0 Å². The van der Waals surface area contributed by atoms with Crippen LogP contribution in [0, 0.1) is 5.82 Å². The summed E-state index contributed by atoms with van der Waals surface area (Å²) in [5.41, 5.74) is 0.929. The summed E-state index contributed by atoms with van der Waals surface area (Å²) < 4.78 is 60.4. The van der Waals surface area contributed by atoms with Crippen molar-refractivity contribution in [3.63, 3.8) is 0 Å². The molecular weight excluding hydrogens is 460 g/mol. The zero-order valence-electron chi connectivity index (χ0n) is 18.2. The average Bonchev–Trinajstić information content (AvgIpc) is 3.12. The normalized spacial score (nSPS) is 15.7. The number of rotatable bonds is 10. The van der Waals surface area contributed by atoms with Gasteiger partial charge in [0.25, 0.3) is 12.3 Å². The van der Waals surface area contributed by atoms with Crippen LogP contribution in [-0.4, -0.2) is 48.8 Å². The van der Waals surface area contributed by atoms with Gasteiger partial charge in [0, 0.05) is 26.6 Å². The first-order valence-electron chi connectivity index (χ1n) is 10.3. The van der Waals surface area contributed by atoms with Crippen LogP contribution in [-0.2, 0) is 11.3 Å². The standard InChI is InChI=1S/C22H24F4N4O4/c1-27-19-18(20(32)28-11-2-12-31)30(13-14-3-5-15(23)6-4-14)21(29-19)33-16-7-9-17(10-8-16)34-22(24,25)26/h3-10,21,27,29,31H,2,11-13H2,1H3,(H,28,32)/p+1. The van der Waals surface area contributed by atoms with Crippen LogP contribution in [0.2, 0.25) is 0 Å². The molecule has 0 aromatic heterocycles. The molecule has 2 aromatic carbocycles. The number of hydrogen-bond donors (Lipinski definition) is 3. The molecule has 3 rings (SSSR count). The van der Waals surface area contributed by atoms with Crippen LogP contribution in [0.15, 0.2) is 60.0 Å². The molecule has 12 heteroatoms. The second-order valence-electron chi connectivity index (χ2n) is 7.22. The zero-order valence-corrected chi connectivity index (χ0v) is 18.2. The SMILES string of the molecule is CNC1=C(C(=O)NCCC[OH2+])N(Cc2ccc(F)cc2)C(Oc2ccc(OC(F)(F)F)cc2)N1. The van der Waals surface area contributed by atoms with Crippen molar-refractivity contribution in [1.82, 2.24) is 20.9 Å².